The van der Waals surface area contributed by atoms with Gasteiger partial charge in [-0.25, -0.2) is 14.4 Å². The number of alkyl halides is 1. The van der Waals surface area contributed by atoms with Crippen LogP contribution >= 0.6 is 0 Å². The maximum atomic E-state index is 15.2. The van der Waals surface area contributed by atoms with Gasteiger partial charge < -0.3 is 20.3 Å². The Hall–Kier alpha value is -4.37. The molecule has 1 aromatic heterocycles. The van der Waals surface area contributed by atoms with Gasteiger partial charge in [-0.15, -0.1) is 0 Å². The van der Waals surface area contributed by atoms with Gasteiger partial charge in [0.1, 0.15) is 11.9 Å². The van der Waals surface area contributed by atoms with Gasteiger partial charge in [-0.2, -0.15) is 0 Å². The van der Waals surface area contributed by atoms with Crippen molar-refractivity contribution in [2.75, 3.05) is 39.6 Å². The summed E-state index contributed by atoms with van der Waals surface area (Å²) < 4.78 is 20.5. The molecule has 206 valence electrons. The van der Waals surface area contributed by atoms with Crippen LogP contribution in [0.3, 0.4) is 0 Å². The second-order valence-electron chi connectivity index (χ2n) is 9.79. The summed E-state index contributed by atoms with van der Waals surface area (Å²) in [5.41, 5.74) is 5.32. The van der Waals surface area contributed by atoms with E-state index in [1.807, 2.05) is 61.7 Å². The second-order valence-corrected chi connectivity index (χ2v) is 9.79. The maximum absolute atomic E-state index is 15.2. The van der Waals surface area contributed by atoms with E-state index < -0.39 is 6.17 Å². The van der Waals surface area contributed by atoms with Crippen molar-refractivity contribution in [3.63, 3.8) is 0 Å². The number of carbonyl (C=O) groups excluding carboxylic acids is 1. The van der Waals surface area contributed by atoms with E-state index in [1.54, 1.807) is 31.3 Å². The number of anilines is 2. The third-order valence-corrected chi connectivity index (χ3v) is 7.01. The molecule has 3 aromatic rings. The van der Waals surface area contributed by atoms with Crippen molar-refractivity contribution >= 4 is 23.3 Å². The summed E-state index contributed by atoms with van der Waals surface area (Å²) in [5, 5.41) is 6.35. The zero-order chi connectivity index (χ0) is 28.1. The number of halogens is 1. The van der Waals surface area contributed by atoms with Crippen molar-refractivity contribution in [2.24, 2.45) is 4.99 Å². The summed E-state index contributed by atoms with van der Waals surface area (Å²) in [7, 11) is 5.30. The summed E-state index contributed by atoms with van der Waals surface area (Å²) in [6, 6.07) is 13.0. The molecule has 0 bridgehead atoms. The molecular formula is C31H33FN6O2. The molecule has 0 spiro atoms. The van der Waals surface area contributed by atoms with Crippen LogP contribution in [-0.4, -0.2) is 67.0 Å². The number of hydrogen-bond acceptors (Lipinski definition) is 7. The summed E-state index contributed by atoms with van der Waals surface area (Å²) in [4.78, 5) is 29.3. The molecule has 0 radical (unpaired) electrons. The quantitative estimate of drug-likeness (QED) is 0.367. The van der Waals surface area contributed by atoms with Gasteiger partial charge in [-0.05, 0) is 44.3 Å². The van der Waals surface area contributed by atoms with Gasteiger partial charge in [-0.1, -0.05) is 30.4 Å². The van der Waals surface area contributed by atoms with Crippen LogP contribution in [0.15, 0.2) is 77.5 Å². The Bertz CT molecular complexity index is 1500. The maximum Gasteiger partial charge on any atom is 0.253 e. The Labute approximate surface area is 233 Å². The van der Waals surface area contributed by atoms with Crippen LogP contribution in [-0.2, 0) is 6.54 Å². The summed E-state index contributed by atoms with van der Waals surface area (Å²) in [6.07, 6.45) is 7.12. The van der Waals surface area contributed by atoms with Gasteiger partial charge in [0.2, 0.25) is 5.95 Å². The Kier molecular flexibility index (Phi) is 8.31. The number of nitrogens with zero attached hydrogens (tertiary/aromatic N) is 4. The predicted octanol–water partition coefficient (Wildman–Crippen LogP) is 5.10. The van der Waals surface area contributed by atoms with Gasteiger partial charge in [-0.3, -0.25) is 9.79 Å². The SMILES string of the molecule is CNCCCN(C)C(=O)c1ccc2c(c1)C(C1=CC=CCC1F)=NCc1cnc(Nc3cccc(OC)c3)nc1-2. The van der Waals surface area contributed by atoms with Crippen LogP contribution in [0.2, 0.25) is 0 Å². The third-order valence-electron chi connectivity index (χ3n) is 7.01. The van der Waals surface area contributed by atoms with Crippen LogP contribution in [0.5, 0.6) is 5.75 Å². The average Bonchev–Trinajstić information content (AvgIpc) is 3.13. The number of methoxy groups -OCH3 is 1. The van der Waals surface area contributed by atoms with Crippen molar-refractivity contribution in [1.29, 1.82) is 0 Å². The number of allylic oxidation sites excluding steroid dienone is 4. The first-order chi connectivity index (χ1) is 19.5. The van der Waals surface area contributed by atoms with Gasteiger partial charge in [0.25, 0.3) is 5.91 Å². The molecule has 2 aromatic carbocycles. The molecule has 40 heavy (non-hydrogen) atoms. The number of benzene rings is 2. The molecule has 0 fully saturated rings. The monoisotopic (exact) mass is 540 g/mol. The van der Waals surface area contributed by atoms with Crippen molar-refractivity contribution in [3.05, 3.63) is 89.2 Å². The molecule has 2 aliphatic rings. The standard InChI is InChI=1S/C31H33FN6O2/c1-33-14-7-15-38(2)30(39)20-12-13-24-26(16-20)29(25-10-4-5-11-27(25)32)34-18-21-19-35-31(37-28(21)24)36-22-8-6-9-23(17-22)40-3/h4-6,8-10,12-13,16-17,19,27,33H,7,11,14-15,18H2,1-3H3,(H,35,36,37). The minimum Gasteiger partial charge on any atom is -0.497 e. The Morgan fingerprint density at radius 2 is 2.08 bits per heavy atom. The van der Waals surface area contributed by atoms with Crippen LogP contribution in [0, 0.1) is 0 Å². The lowest BCUT2D eigenvalue weighted by Gasteiger charge is -2.20. The van der Waals surface area contributed by atoms with Gasteiger partial charge in [0, 0.05) is 65.8 Å². The molecule has 1 unspecified atom stereocenters. The molecule has 1 aliphatic carbocycles. The van der Waals surface area contributed by atoms with Crippen LogP contribution in [0.4, 0.5) is 16.0 Å². The van der Waals surface area contributed by atoms with E-state index in [1.165, 1.54) is 0 Å². The van der Waals surface area contributed by atoms with E-state index in [2.05, 4.69) is 15.6 Å². The normalized spacial score (nSPS) is 15.8. The molecule has 1 atom stereocenters. The number of ether oxygens (including phenoxy) is 1. The molecule has 0 saturated carbocycles. The zero-order valence-electron chi connectivity index (χ0n) is 22.9. The lowest BCUT2D eigenvalue weighted by atomic mass is 9.89. The van der Waals surface area contributed by atoms with E-state index in [4.69, 9.17) is 14.7 Å². The number of aliphatic imine (C=N–C) groups is 1. The van der Waals surface area contributed by atoms with Gasteiger partial charge in [0.05, 0.1) is 25.1 Å². The third kappa shape index (κ3) is 5.79. The largest absolute Gasteiger partial charge is 0.497 e. The molecule has 1 aliphatic heterocycles. The summed E-state index contributed by atoms with van der Waals surface area (Å²) in [5.74, 6) is 1.03. The highest BCUT2D eigenvalue weighted by molar-refractivity contribution is 6.18. The lowest BCUT2D eigenvalue weighted by molar-refractivity contribution is 0.0793. The Morgan fingerprint density at radius 3 is 2.88 bits per heavy atom. The van der Waals surface area contributed by atoms with Crippen molar-refractivity contribution in [1.82, 2.24) is 20.2 Å². The van der Waals surface area contributed by atoms with E-state index >= 15 is 4.39 Å². The van der Waals surface area contributed by atoms with E-state index in [0.29, 0.717) is 52.9 Å². The van der Waals surface area contributed by atoms with E-state index in [0.717, 1.165) is 29.8 Å². The smallest absolute Gasteiger partial charge is 0.253 e. The predicted molar refractivity (Wildman–Crippen MR) is 156 cm³/mol. The zero-order valence-corrected chi connectivity index (χ0v) is 22.9. The van der Waals surface area contributed by atoms with Crippen LogP contribution < -0.4 is 15.4 Å². The number of hydrogen-bond donors (Lipinski definition) is 2. The molecule has 2 N–H and O–H groups in total. The highest BCUT2D eigenvalue weighted by Gasteiger charge is 2.28. The summed E-state index contributed by atoms with van der Waals surface area (Å²) >= 11 is 0. The number of carbonyl (C=O) groups is 1. The topological polar surface area (TPSA) is 91.7 Å². The minimum absolute atomic E-state index is 0.0971. The van der Waals surface area contributed by atoms with Crippen LogP contribution in [0.1, 0.15) is 34.3 Å². The highest BCUT2D eigenvalue weighted by Crippen LogP contribution is 2.35. The van der Waals surface area contributed by atoms with E-state index in [-0.39, 0.29) is 12.3 Å². The fraction of sp³-hybridized carbons (Fsp3) is 0.290. The Balaban J connectivity index is 1.56. The lowest BCUT2D eigenvalue weighted by Crippen LogP contribution is -2.29. The minimum atomic E-state index is -1.18. The molecule has 9 heteroatoms. The fourth-order valence-electron chi connectivity index (χ4n) is 4.87. The number of rotatable bonds is 9. The van der Waals surface area contributed by atoms with Crippen LogP contribution in [0.25, 0.3) is 11.3 Å². The summed E-state index contributed by atoms with van der Waals surface area (Å²) in [6.45, 7) is 1.73. The second kappa shape index (κ2) is 12.2. The molecule has 1 amide bonds. The first-order valence-corrected chi connectivity index (χ1v) is 13.4. The fourth-order valence-corrected chi connectivity index (χ4v) is 4.87. The number of aromatic nitrogens is 2. The van der Waals surface area contributed by atoms with Gasteiger partial charge in [0.15, 0.2) is 0 Å². The molecule has 2 heterocycles. The number of nitrogens with one attached hydrogen (secondary N) is 2. The average molecular weight is 541 g/mol. The van der Waals surface area contributed by atoms with Crippen molar-refractivity contribution in [3.8, 4) is 17.0 Å². The van der Waals surface area contributed by atoms with Crippen molar-refractivity contribution < 1.29 is 13.9 Å². The highest BCUT2D eigenvalue weighted by atomic mass is 19.1. The first-order valence-electron chi connectivity index (χ1n) is 13.4. The van der Waals surface area contributed by atoms with Crippen molar-refractivity contribution in [2.45, 2.75) is 25.6 Å². The number of fused-ring (bicyclic) bond motifs is 3. The molecule has 5 rings (SSSR count). The molecule has 0 saturated heterocycles. The molecule has 8 nitrogen and oxygen atoms in total. The first kappa shape index (κ1) is 27.2. The van der Waals surface area contributed by atoms with Gasteiger partial charge >= 0.3 is 0 Å². The molecular weight excluding hydrogens is 507 g/mol. The van der Waals surface area contributed by atoms with E-state index in [9.17, 15) is 4.79 Å². The number of amides is 1. The Morgan fingerprint density at radius 1 is 1.20 bits per heavy atom.